The number of nitrogens with one attached hydrogen (secondary N) is 1. The van der Waals surface area contributed by atoms with E-state index in [9.17, 15) is 4.79 Å². The molecular formula is C25H26N4O3. The molecule has 0 spiro atoms. The molecule has 1 N–H and O–H groups in total. The molecule has 0 bridgehead atoms. The van der Waals surface area contributed by atoms with E-state index < -0.39 is 0 Å². The molecular weight excluding hydrogens is 404 g/mol. The van der Waals surface area contributed by atoms with Gasteiger partial charge in [0.25, 0.3) is 0 Å². The third-order valence-corrected chi connectivity index (χ3v) is 5.48. The number of fused-ring (bicyclic) bond motifs is 1. The number of aryl methyl sites for hydroxylation is 1. The lowest BCUT2D eigenvalue weighted by Gasteiger charge is -2.17. The van der Waals surface area contributed by atoms with E-state index in [1.54, 1.807) is 32.8 Å². The summed E-state index contributed by atoms with van der Waals surface area (Å²) in [6, 6.07) is 15.5. The molecule has 4 aromatic rings. The average Bonchev–Trinajstić information content (AvgIpc) is 3.21. The summed E-state index contributed by atoms with van der Waals surface area (Å²) in [6.45, 7) is 2.47. The normalized spacial score (nSPS) is 11.8. The molecule has 0 aliphatic heterocycles. The van der Waals surface area contributed by atoms with Crippen LogP contribution in [0.4, 0.5) is 0 Å². The summed E-state index contributed by atoms with van der Waals surface area (Å²) in [7, 11) is 3.20. The van der Waals surface area contributed by atoms with E-state index in [1.807, 2.05) is 49.4 Å². The van der Waals surface area contributed by atoms with Gasteiger partial charge in [0.2, 0.25) is 5.91 Å². The molecule has 0 fully saturated rings. The highest BCUT2D eigenvalue weighted by atomic mass is 16.5. The summed E-state index contributed by atoms with van der Waals surface area (Å²) in [5.41, 5.74) is 3.86. The van der Waals surface area contributed by atoms with Crippen molar-refractivity contribution in [3.05, 3.63) is 72.7 Å². The van der Waals surface area contributed by atoms with Gasteiger partial charge in [-0.15, -0.1) is 0 Å². The first kappa shape index (κ1) is 21.4. The maximum absolute atomic E-state index is 12.8. The average molecular weight is 431 g/mol. The minimum atomic E-state index is -0.165. The number of ether oxygens (including phenoxy) is 2. The molecule has 3 heterocycles. The Morgan fingerprint density at radius 1 is 1.03 bits per heavy atom. The fourth-order valence-corrected chi connectivity index (χ4v) is 3.81. The molecule has 0 saturated heterocycles. The summed E-state index contributed by atoms with van der Waals surface area (Å²) in [6.07, 6.45) is 5.63. The Balaban J connectivity index is 1.50. The highest BCUT2D eigenvalue weighted by molar-refractivity contribution is 5.84. The highest BCUT2D eigenvalue weighted by Gasteiger charge is 2.15. The Hall–Kier alpha value is -3.87. The first-order valence-electron chi connectivity index (χ1n) is 10.5. The van der Waals surface area contributed by atoms with Crippen molar-refractivity contribution in [2.45, 2.75) is 25.9 Å². The van der Waals surface area contributed by atoms with Crippen LogP contribution in [0.1, 0.15) is 24.9 Å². The van der Waals surface area contributed by atoms with Crippen LogP contribution in [0.2, 0.25) is 0 Å². The highest BCUT2D eigenvalue weighted by Crippen LogP contribution is 2.30. The van der Waals surface area contributed by atoms with Crippen LogP contribution in [-0.2, 0) is 11.3 Å². The topological polar surface area (TPSA) is 78.3 Å². The second-order valence-electron chi connectivity index (χ2n) is 7.49. The first-order valence-corrected chi connectivity index (χ1v) is 10.5. The fraction of sp³-hybridized carbons (Fsp3) is 0.240. The Labute approximate surface area is 187 Å². The van der Waals surface area contributed by atoms with Crippen molar-refractivity contribution in [3.8, 4) is 22.8 Å². The predicted octanol–water partition coefficient (Wildman–Crippen LogP) is 4.38. The van der Waals surface area contributed by atoms with Crippen LogP contribution in [0.3, 0.4) is 0 Å². The fourth-order valence-electron chi connectivity index (χ4n) is 3.81. The number of nitrogens with zero attached hydrogens (tertiary/aromatic N) is 3. The number of pyridine rings is 2. The van der Waals surface area contributed by atoms with E-state index in [-0.39, 0.29) is 11.9 Å². The van der Waals surface area contributed by atoms with E-state index in [0.29, 0.717) is 24.5 Å². The molecule has 0 saturated carbocycles. The minimum absolute atomic E-state index is 0.0363. The van der Waals surface area contributed by atoms with E-state index in [4.69, 9.17) is 9.47 Å². The molecule has 7 nitrogen and oxygen atoms in total. The van der Waals surface area contributed by atoms with Crippen molar-refractivity contribution < 1.29 is 14.3 Å². The third-order valence-electron chi connectivity index (χ3n) is 5.48. The van der Waals surface area contributed by atoms with Crippen molar-refractivity contribution in [3.63, 3.8) is 0 Å². The number of benzene rings is 1. The Morgan fingerprint density at radius 3 is 2.56 bits per heavy atom. The summed E-state index contributed by atoms with van der Waals surface area (Å²) in [5, 5.41) is 4.12. The van der Waals surface area contributed by atoms with Gasteiger partial charge >= 0.3 is 0 Å². The molecule has 32 heavy (non-hydrogen) atoms. The van der Waals surface area contributed by atoms with Crippen molar-refractivity contribution in [1.29, 1.82) is 0 Å². The molecule has 1 amide bonds. The second kappa shape index (κ2) is 9.51. The maximum Gasteiger partial charge on any atom is 0.222 e. The molecule has 0 radical (unpaired) electrons. The molecule has 3 aromatic heterocycles. The number of carbonyl (C=O) groups is 1. The van der Waals surface area contributed by atoms with Gasteiger partial charge in [-0.2, -0.15) is 0 Å². The van der Waals surface area contributed by atoms with Gasteiger partial charge in [0, 0.05) is 42.5 Å². The zero-order valence-electron chi connectivity index (χ0n) is 18.4. The minimum Gasteiger partial charge on any atom is -0.493 e. The summed E-state index contributed by atoms with van der Waals surface area (Å²) in [4.78, 5) is 21.4. The molecule has 4 rings (SSSR count). The van der Waals surface area contributed by atoms with Gasteiger partial charge < -0.3 is 19.4 Å². The van der Waals surface area contributed by atoms with Crippen molar-refractivity contribution in [1.82, 2.24) is 19.9 Å². The standard InChI is InChI=1S/C25H26N4O3/c1-17(19-6-7-22(31-2)23(16-19)32-3)28-24(30)10-14-29-21(18-8-12-26-13-9-18)15-20-5-4-11-27-25(20)29/h4-9,11-13,15-17H,10,14H2,1-3H3,(H,28,30). The second-order valence-corrected chi connectivity index (χ2v) is 7.49. The molecule has 7 heteroatoms. The predicted molar refractivity (Wildman–Crippen MR) is 124 cm³/mol. The number of rotatable bonds is 8. The number of aromatic nitrogens is 3. The molecule has 164 valence electrons. The van der Waals surface area contributed by atoms with Crippen LogP contribution >= 0.6 is 0 Å². The van der Waals surface area contributed by atoms with Gasteiger partial charge in [0.1, 0.15) is 5.65 Å². The summed E-state index contributed by atoms with van der Waals surface area (Å²) >= 11 is 0. The quantitative estimate of drug-likeness (QED) is 0.449. The molecule has 0 aliphatic carbocycles. The number of hydrogen-bond acceptors (Lipinski definition) is 5. The lowest BCUT2D eigenvalue weighted by Crippen LogP contribution is -2.27. The number of methoxy groups -OCH3 is 2. The SMILES string of the molecule is COc1ccc(C(C)NC(=O)CCn2c(-c3ccncc3)cc3cccnc32)cc1OC. The van der Waals surface area contributed by atoms with Crippen LogP contribution < -0.4 is 14.8 Å². The lowest BCUT2D eigenvalue weighted by atomic mass is 10.1. The summed E-state index contributed by atoms with van der Waals surface area (Å²) < 4.78 is 12.8. The van der Waals surface area contributed by atoms with E-state index in [0.717, 1.165) is 27.9 Å². The van der Waals surface area contributed by atoms with Crippen molar-refractivity contribution in [2.75, 3.05) is 14.2 Å². The number of amides is 1. The molecule has 0 aliphatic rings. The van der Waals surface area contributed by atoms with E-state index >= 15 is 0 Å². The van der Waals surface area contributed by atoms with Crippen molar-refractivity contribution in [2.24, 2.45) is 0 Å². The monoisotopic (exact) mass is 430 g/mol. The number of carbonyl (C=O) groups excluding carboxylic acids is 1. The summed E-state index contributed by atoms with van der Waals surface area (Å²) in [5.74, 6) is 1.26. The lowest BCUT2D eigenvalue weighted by molar-refractivity contribution is -0.121. The van der Waals surface area contributed by atoms with E-state index in [2.05, 4.69) is 25.9 Å². The van der Waals surface area contributed by atoms with E-state index in [1.165, 1.54) is 0 Å². The Morgan fingerprint density at radius 2 is 1.81 bits per heavy atom. The van der Waals surface area contributed by atoms with Gasteiger partial charge in [-0.1, -0.05) is 6.07 Å². The number of hydrogen-bond donors (Lipinski definition) is 1. The molecule has 1 atom stereocenters. The van der Waals surface area contributed by atoms with Crippen LogP contribution in [0, 0.1) is 0 Å². The largest absolute Gasteiger partial charge is 0.493 e. The Bertz CT molecular complexity index is 1220. The van der Waals surface area contributed by atoms with Gasteiger partial charge in [0.15, 0.2) is 11.5 Å². The first-order chi connectivity index (χ1) is 15.6. The van der Waals surface area contributed by atoms with Crippen molar-refractivity contribution >= 4 is 16.9 Å². The Kier molecular flexibility index (Phi) is 6.35. The maximum atomic E-state index is 12.8. The van der Waals surface area contributed by atoms with Gasteiger partial charge in [-0.05, 0) is 55.0 Å². The molecule has 1 aromatic carbocycles. The van der Waals surface area contributed by atoms with Gasteiger partial charge in [0.05, 0.1) is 26.0 Å². The zero-order valence-corrected chi connectivity index (χ0v) is 18.4. The zero-order chi connectivity index (χ0) is 22.5. The van der Waals surface area contributed by atoms with Crippen LogP contribution in [0.25, 0.3) is 22.3 Å². The molecule has 1 unspecified atom stereocenters. The van der Waals surface area contributed by atoms with Crippen LogP contribution in [-0.4, -0.2) is 34.7 Å². The van der Waals surface area contributed by atoms with Gasteiger partial charge in [-0.25, -0.2) is 4.98 Å². The third kappa shape index (κ3) is 4.42. The van der Waals surface area contributed by atoms with Gasteiger partial charge in [-0.3, -0.25) is 9.78 Å². The van der Waals surface area contributed by atoms with Crippen LogP contribution in [0.5, 0.6) is 11.5 Å². The van der Waals surface area contributed by atoms with Crippen LogP contribution in [0.15, 0.2) is 67.1 Å². The smallest absolute Gasteiger partial charge is 0.222 e.